The van der Waals surface area contributed by atoms with E-state index in [0.717, 1.165) is 47.7 Å². The molecule has 0 aliphatic heterocycles. The zero-order chi connectivity index (χ0) is 19.1. The van der Waals surface area contributed by atoms with Gasteiger partial charge in [0.15, 0.2) is 0 Å². The summed E-state index contributed by atoms with van der Waals surface area (Å²) in [4.78, 5) is 12.6. The maximum absolute atomic E-state index is 12.6. The van der Waals surface area contributed by atoms with Gasteiger partial charge in [0.05, 0.1) is 11.3 Å². The fourth-order valence-electron chi connectivity index (χ4n) is 3.03. The Morgan fingerprint density at radius 3 is 2.33 bits per heavy atom. The number of phenolic OH excluding ortho intramolecular Hbond substituents is 1. The Labute approximate surface area is 159 Å². The van der Waals surface area contributed by atoms with Crippen LogP contribution < -0.4 is 5.43 Å². The third-order valence-electron chi connectivity index (χ3n) is 4.53. The molecule has 4 nitrogen and oxygen atoms in total. The number of unbranched alkanes of at least 4 members (excludes halogenated alkanes) is 2. The van der Waals surface area contributed by atoms with Crippen LogP contribution in [0.25, 0.3) is 10.8 Å². The lowest BCUT2D eigenvalue weighted by molar-refractivity contribution is 0.0952. The highest BCUT2D eigenvalue weighted by atomic mass is 16.3. The van der Waals surface area contributed by atoms with E-state index in [0.29, 0.717) is 0 Å². The van der Waals surface area contributed by atoms with Crippen LogP contribution in [0.15, 0.2) is 71.8 Å². The standard InChI is InChI=1S/C23H24N2O2/c1-2-3-5-14-21(17-10-6-4-7-11-17)24-25-23(27)20-15-18-12-8-9-13-19(18)16-22(20)26/h4,6-13,15-16,26H,2-3,5,14H2,1H3,(H,25,27)/b24-21-. The number of nitrogens with one attached hydrogen (secondary N) is 1. The molecule has 0 radical (unpaired) electrons. The Balaban J connectivity index is 1.83. The van der Waals surface area contributed by atoms with E-state index in [9.17, 15) is 9.90 Å². The summed E-state index contributed by atoms with van der Waals surface area (Å²) in [6.07, 6.45) is 4.05. The molecule has 0 fully saturated rings. The molecule has 0 saturated carbocycles. The zero-order valence-corrected chi connectivity index (χ0v) is 15.5. The number of hydrogen-bond donors (Lipinski definition) is 2. The number of carbonyl (C=O) groups is 1. The first-order chi connectivity index (χ1) is 13.2. The molecule has 4 heteroatoms. The minimum absolute atomic E-state index is 0.0476. The highest BCUT2D eigenvalue weighted by Crippen LogP contribution is 2.24. The molecule has 3 aromatic carbocycles. The van der Waals surface area contributed by atoms with E-state index >= 15 is 0 Å². The third-order valence-corrected chi connectivity index (χ3v) is 4.53. The van der Waals surface area contributed by atoms with E-state index in [1.807, 2.05) is 54.6 Å². The van der Waals surface area contributed by atoms with Gasteiger partial charge < -0.3 is 5.11 Å². The summed E-state index contributed by atoms with van der Waals surface area (Å²) in [6, 6.07) is 20.8. The van der Waals surface area contributed by atoms with Crippen molar-refractivity contribution in [1.82, 2.24) is 5.43 Å². The molecular formula is C23H24N2O2. The van der Waals surface area contributed by atoms with Crippen molar-refractivity contribution in [3.05, 3.63) is 77.9 Å². The number of amides is 1. The van der Waals surface area contributed by atoms with Gasteiger partial charge in [-0.3, -0.25) is 4.79 Å². The van der Waals surface area contributed by atoms with Crippen molar-refractivity contribution in [2.24, 2.45) is 5.10 Å². The SMILES string of the molecule is CCCCC/C(=N/NC(=O)c1cc2ccccc2cc1O)c1ccccc1. The van der Waals surface area contributed by atoms with Crippen LogP contribution >= 0.6 is 0 Å². The van der Waals surface area contributed by atoms with E-state index in [2.05, 4.69) is 17.5 Å². The number of aromatic hydroxyl groups is 1. The highest BCUT2D eigenvalue weighted by molar-refractivity contribution is 6.04. The molecule has 1 amide bonds. The van der Waals surface area contributed by atoms with Gasteiger partial charge in [-0.15, -0.1) is 0 Å². The lowest BCUT2D eigenvalue weighted by Gasteiger charge is -2.09. The van der Waals surface area contributed by atoms with Crippen molar-refractivity contribution in [2.75, 3.05) is 0 Å². The Hall–Kier alpha value is -3.14. The van der Waals surface area contributed by atoms with Crippen LogP contribution in [0.4, 0.5) is 0 Å². The van der Waals surface area contributed by atoms with Gasteiger partial charge in [-0.1, -0.05) is 74.4 Å². The van der Waals surface area contributed by atoms with E-state index < -0.39 is 5.91 Å². The van der Waals surface area contributed by atoms with Crippen molar-refractivity contribution in [1.29, 1.82) is 0 Å². The number of nitrogens with zero attached hydrogens (tertiary/aromatic N) is 1. The van der Waals surface area contributed by atoms with E-state index in [1.165, 1.54) is 0 Å². The summed E-state index contributed by atoms with van der Waals surface area (Å²) >= 11 is 0. The van der Waals surface area contributed by atoms with Gasteiger partial charge >= 0.3 is 0 Å². The zero-order valence-electron chi connectivity index (χ0n) is 15.5. The number of benzene rings is 3. The topological polar surface area (TPSA) is 61.7 Å². The van der Waals surface area contributed by atoms with Crippen LogP contribution in [0.5, 0.6) is 5.75 Å². The number of hydrogen-bond acceptors (Lipinski definition) is 3. The number of fused-ring (bicyclic) bond motifs is 1. The molecule has 0 bridgehead atoms. The Morgan fingerprint density at radius 2 is 1.63 bits per heavy atom. The fraction of sp³-hybridized carbons (Fsp3) is 0.217. The normalized spacial score (nSPS) is 11.5. The second kappa shape index (κ2) is 8.99. The predicted molar refractivity (Wildman–Crippen MR) is 110 cm³/mol. The lowest BCUT2D eigenvalue weighted by atomic mass is 10.0. The predicted octanol–water partition coefficient (Wildman–Crippen LogP) is 5.26. The van der Waals surface area contributed by atoms with Crippen LogP contribution in [0.3, 0.4) is 0 Å². The fourth-order valence-corrected chi connectivity index (χ4v) is 3.03. The van der Waals surface area contributed by atoms with Crippen molar-refractivity contribution in [3.63, 3.8) is 0 Å². The summed E-state index contributed by atoms with van der Waals surface area (Å²) in [6.45, 7) is 2.16. The minimum Gasteiger partial charge on any atom is -0.507 e. The van der Waals surface area contributed by atoms with Crippen LogP contribution in [-0.4, -0.2) is 16.7 Å². The van der Waals surface area contributed by atoms with Crippen LogP contribution in [-0.2, 0) is 0 Å². The van der Waals surface area contributed by atoms with E-state index in [-0.39, 0.29) is 11.3 Å². The summed E-state index contributed by atoms with van der Waals surface area (Å²) in [5, 5.41) is 16.4. The molecule has 27 heavy (non-hydrogen) atoms. The quantitative estimate of drug-likeness (QED) is 0.343. The van der Waals surface area contributed by atoms with Gasteiger partial charge in [0.2, 0.25) is 0 Å². The van der Waals surface area contributed by atoms with Crippen LogP contribution in [0, 0.1) is 0 Å². The summed E-state index contributed by atoms with van der Waals surface area (Å²) < 4.78 is 0. The molecule has 3 rings (SSSR count). The largest absolute Gasteiger partial charge is 0.507 e. The summed E-state index contributed by atoms with van der Waals surface area (Å²) in [7, 11) is 0. The molecule has 0 atom stereocenters. The first kappa shape index (κ1) is 18.6. The molecule has 138 valence electrons. The molecule has 0 spiro atoms. The van der Waals surface area contributed by atoms with Crippen molar-refractivity contribution >= 4 is 22.4 Å². The molecule has 0 saturated heterocycles. The van der Waals surface area contributed by atoms with E-state index in [4.69, 9.17) is 0 Å². The average Bonchev–Trinajstić information content (AvgIpc) is 2.70. The van der Waals surface area contributed by atoms with Gasteiger partial charge in [-0.2, -0.15) is 5.10 Å². The van der Waals surface area contributed by atoms with Crippen LogP contribution in [0.1, 0.15) is 48.5 Å². The van der Waals surface area contributed by atoms with E-state index in [1.54, 1.807) is 12.1 Å². The van der Waals surface area contributed by atoms with Gasteiger partial charge in [0.25, 0.3) is 5.91 Å². The Morgan fingerprint density at radius 1 is 0.963 bits per heavy atom. The number of carbonyl (C=O) groups excluding carboxylic acids is 1. The molecule has 0 aliphatic carbocycles. The number of rotatable bonds is 7. The third kappa shape index (κ3) is 4.73. The number of hydrazone groups is 1. The summed E-state index contributed by atoms with van der Waals surface area (Å²) in [5.74, 6) is -0.462. The van der Waals surface area contributed by atoms with Gasteiger partial charge in [-0.05, 0) is 41.3 Å². The molecule has 2 N–H and O–H groups in total. The Kier molecular flexibility index (Phi) is 6.21. The maximum Gasteiger partial charge on any atom is 0.275 e. The molecule has 3 aromatic rings. The molecular weight excluding hydrogens is 336 g/mol. The van der Waals surface area contributed by atoms with Crippen molar-refractivity contribution < 1.29 is 9.90 Å². The molecule has 0 heterocycles. The maximum atomic E-state index is 12.6. The number of phenols is 1. The lowest BCUT2D eigenvalue weighted by Crippen LogP contribution is -2.20. The Bertz CT molecular complexity index is 949. The molecule has 0 aromatic heterocycles. The van der Waals surface area contributed by atoms with Crippen molar-refractivity contribution in [2.45, 2.75) is 32.6 Å². The molecule has 0 unspecified atom stereocenters. The highest BCUT2D eigenvalue weighted by Gasteiger charge is 2.13. The second-order valence-corrected chi connectivity index (χ2v) is 6.54. The van der Waals surface area contributed by atoms with Gasteiger partial charge in [-0.25, -0.2) is 5.43 Å². The van der Waals surface area contributed by atoms with Crippen molar-refractivity contribution in [3.8, 4) is 5.75 Å². The monoisotopic (exact) mass is 360 g/mol. The first-order valence-electron chi connectivity index (χ1n) is 9.33. The minimum atomic E-state index is -0.415. The summed E-state index contributed by atoms with van der Waals surface area (Å²) in [5.41, 5.74) is 4.68. The van der Waals surface area contributed by atoms with Crippen LogP contribution in [0.2, 0.25) is 0 Å². The average molecular weight is 360 g/mol. The smallest absolute Gasteiger partial charge is 0.275 e. The van der Waals surface area contributed by atoms with Gasteiger partial charge in [0.1, 0.15) is 5.75 Å². The van der Waals surface area contributed by atoms with Gasteiger partial charge in [0, 0.05) is 0 Å². The second-order valence-electron chi connectivity index (χ2n) is 6.54. The molecule has 0 aliphatic rings. The first-order valence-corrected chi connectivity index (χ1v) is 9.33.